The SMILES string of the molecule is COc1ccc(-c2cc(N/C(=N\C(=O)c3cn(C)nc3C(F)(F)F)NCC(C)C)[nH]n2)cc1F. The van der Waals surface area contributed by atoms with Gasteiger partial charge in [-0.1, -0.05) is 13.8 Å². The van der Waals surface area contributed by atoms with Crippen molar-refractivity contribution in [3.05, 3.63) is 47.5 Å². The van der Waals surface area contributed by atoms with Crippen LogP contribution < -0.4 is 15.4 Å². The lowest BCUT2D eigenvalue weighted by Crippen LogP contribution is -2.34. The van der Waals surface area contributed by atoms with Crippen molar-refractivity contribution in [1.29, 1.82) is 0 Å². The van der Waals surface area contributed by atoms with Crippen molar-refractivity contribution in [2.45, 2.75) is 20.0 Å². The van der Waals surface area contributed by atoms with Gasteiger partial charge in [0.15, 0.2) is 17.3 Å². The topological polar surface area (TPSA) is 109 Å². The van der Waals surface area contributed by atoms with Gasteiger partial charge in [-0.2, -0.15) is 28.4 Å². The molecule has 13 heteroatoms. The second-order valence-corrected chi connectivity index (χ2v) is 7.74. The minimum atomic E-state index is -4.81. The lowest BCUT2D eigenvalue weighted by Gasteiger charge is -2.12. The molecule has 0 unspecified atom stereocenters. The Hall–Kier alpha value is -3.90. The molecule has 0 saturated heterocycles. The van der Waals surface area contributed by atoms with Crippen molar-refractivity contribution >= 4 is 17.7 Å². The van der Waals surface area contributed by atoms with Crippen LogP contribution in [0.1, 0.15) is 29.9 Å². The molecule has 0 aliphatic heterocycles. The number of carbonyl (C=O) groups is 1. The number of nitrogens with one attached hydrogen (secondary N) is 3. The molecule has 34 heavy (non-hydrogen) atoms. The highest BCUT2D eigenvalue weighted by Gasteiger charge is 2.39. The summed E-state index contributed by atoms with van der Waals surface area (Å²) in [4.78, 5) is 16.4. The molecule has 3 rings (SSSR count). The number of amides is 1. The van der Waals surface area contributed by atoms with Crippen molar-refractivity contribution in [3.8, 4) is 17.0 Å². The number of methoxy groups -OCH3 is 1. The van der Waals surface area contributed by atoms with E-state index in [1.54, 1.807) is 6.07 Å². The van der Waals surface area contributed by atoms with Crippen LogP contribution in [0.2, 0.25) is 0 Å². The number of aryl methyl sites for hydroxylation is 1. The Balaban J connectivity index is 1.87. The van der Waals surface area contributed by atoms with Gasteiger partial charge in [-0.25, -0.2) is 4.39 Å². The number of rotatable bonds is 6. The number of aromatic nitrogens is 4. The fourth-order valence-corrected chi connectivity index (χ4v) is 2.92. The van der Waals surface area contributed by atoms with E-state index in [1.165, 1.54) is 32.4 Å². The predicted octanol–water partition coefficient (Wildman–Crippen LogP) is 3.83. The lowest BCUT2D eigenvalue weighted by atomic mass is 10.1. The summed E-state index contributed by atoms with van der Waals surface area (Å²) >= 11 is 0. The van der Waals surface area contributed by atoms with E-state index in [4.69, 9.17) is 4.74 Å². The maximum atomic E-state index is 14.0. The van der Waals surface area contributed by atoms with E-state index >= 15 is 0 Å². The van der Waals surface area contributed by atoms with Crippen LogP contribution in [0, 0.1) is 11.7 Å². The number of ether oxygens (including phenoxy) is 1. The number of hydrogen-bond donors (Lipinski definition) is 3. The zero-order valence-corrected chi connectivity index (χ0v) is 18.8. The second kappa shape index (κ2) is 9.93. The highest BCUT2D eigenvalue weighted by atomic mass is 19.4. The van der Waals surface area contributed by atoms with E-state index in [0.29, 0.717) is 17.8 Å². The third-order valence-corrected chi connectivity index (χ3v) is 4.50. The average Bonchev–Trinajstić information content (AvgIpc) is 3.38. The molecular formula is C21H23F4N7O2. The molecular weight excluding hydrogens is 458 g/mol. The zero-order valence-electron chi connectivity index (χ0n) is 18.8. The van der Waals surface area contributed by atoms with E-state index in [2.05, 4.69) is 30.9 Å². The number of aliphatic imine (C=N–C) groups is 1. The summed E-state index contributed by atoms with van der Waals surface area (Å²) in [5, 5.41) is 15.8. The molecule has 0 spiro atoms. The van der Waals surface area contributed by atoms with Gasteiger partial charge in [0.2, 0.25) is 5.96 Å². The first-order chi connectivity index (χ1) is 16.0. The van der Waals surface area contributed by atoms with Crippen LogP contribution in [0.4, 0.5) is 23.4 Å². The summed E-state index contributed by atoms with van der Waals surface area (Å²) in [5.41, 5.74) is -1.17. The third kappa shape index (κ3) is 5.91. The summed E-state index contributed by atoms with van der Waals surface area (Å²) < 4.78 is 59.5. The smallest absolute Gasteiger partial charge is 0.435 e. The monoisotopic (exact) mass is 481 g/mol. The molecule has 2 aromatic heterocycles. The fraction of sp³-hybridized carbons (Fsp3) is 0.333. The number of alkyl halides is 3. The quantitative estimate of drug-likeness (QED) is 0.281. The van der Waals surface area contributed by atoms with Crippen LogP contribution in [-0.4, -0.2) is 45.5 Å². The molecule has 9 nitrogen and oxygen atoms in total. The molecule has 2 heterocycles. The normalized spacial score (nSPS) is 12.2. The minimum Gasteiger partial charge on any atom is -0.494 e. The minimum absolute atomic E-state index is 0.0806. The van der Waals surface area contributed by atoms with Gasteiger partial charge in [-0.3, -0.25) is 14.6 Å². The molecule has 182 valence electrons. The van der Waals surface area contributed by atoms with Crippen molar-refractivity contribution in [1.82, 2.24) is 25.3 Å². The maximum Gasteiger partial charge on any atom is 0.435 e. The Bertz CT molecular complexity index is 1200. The Morgan fingerprint density at radius 2 is 2.03 bits per heavy atom. The number of carbonyl (C=O) groups excluding carboxylic acids is 1. The summed E-state index contributed by atoms with van der Waals surface area (Å²) in [6, 6.07) is 5.84. The molecule has 1 amide bonds. The molecule has 3 N–H and O–H groups in total. The van der Waals surface area contributed by atoms with Crippen molar-refractivity contribution < 1.29 is 27.1 Å². The van der Waals surface area contributed by atoms with Gasteiger partial charge in [0, 0.05) is 31.4 Å². The molecule has 3 aromatic rings. The summed E-state index contributed by atoms with van der Waals surface area (Å²) in [5.74, 6) is -1.29. The summed E-state index contributed by atoms with van der Waals surface area (Å²) in [6.07, 6.45) is -3.85. The first-order valence-corrected chi connectivity index (χ1v) is 10.1. The second-order valence-electron chi connectivity index (χ2n) is 7.74. The lowest BCUT2D eigenvalue weighted by molar-refractivity contribution is -0.141. The van der Waals surface area contributed by atoms with Crippen LogP contribution in [0.5, 0.6) is 5.75 Å². The summed E-state index contributed by atoms with van der Waals surface area (Å²) in [6.45, 7) is 4.19. The number of H-pyrrole nitrogens is 1. The number of guanidine groups is 1. The molecule has 0 saturated carbocycles. The van der Waals surface area contributed by atoms with Crippen LogP contribution in [-0.2, 0) is 13.2 Å². The average molecular weight is 481 g/mol. The Kier molecular flexibility index (Phi) is 7.23. The van der Waals surface area contributed by atoms with Crippen LogP contribution in [0.3, 0.4) is 0 Å². The predicted molar refractivity (Wildman–Crippen MR) is 117 cm³/mol. The van der Waals surface area contributed by atoms with E-state index in [9.17, 15) is 22.4 Å². The standard InChI is InChI=1S/C21H23F4N7O2/c1-11(2)9-26-20(28-19(33)13-10-32(3)31-18(13)21(23,24)25)27-17-8-15(29-30-17)12-5-6-16(34-4)14(22)7-12/h5-8,10-11H,9H2,1-4H3,(H3,26,27,28,29,30,33). The Labute approximate surface area is 192 Å². The fourth-order valence-electron chi connectivity index (χ4n) is 2.92. The van der Waals surface area contributed by atoms with Gasteiger partial charge in [0.05, 0.1) is 18.4 Å². The molecule has 0 fully saturated rings. The number of hydrogen-bond acceptors (Lipinski definition) is 4. The van der Waals surface area contributed by atoms with E-state index in [1.807, 2.05) is 13.8 Å². The number of anilines is 1. The first kappa shape index (κ1) is 24.7. The summed E-state index contributed by atoms with van der Waals surface area (Å²) in [7, 11) is 2.63. The highest BCUT2D eigenvalue weighted by molar-refractivity contribution is 6.07. The van der Waals surface area contributed by atoms with Crippen molar-refractivity contribution in [3.63, 3.8) is 0 Å². The van der Waals surface area contributed by atoms with Crippen molar-refractivity contribution in [2.75, 3.05) is 19.0 Å². The van der Waals surface area contributed by atoms with E-state index in [-0.39, 0.29) is 23.4 Å². The van der Waals surface area contributed by atoms with Gasteiger partial charge in [0.1, 0.15) is 5.82 Å². The number of benzene rings is 1. The van der Waals surface area contributed by atoms with E-state index in [0.717, 1.165) is 10.9 Å². The number of nitrogens with zero attached hydrogens (tertiary/aromatic N) is 4. The molecule has 0 radical (unpaired) electrons. The van der Waals surface area contributed by atoms with E-state index < -0.39 is 29.2 Å². The van der Waals surface area contributed by atoms with Crippen LogP contribution in [0.15, 0.2) is 35.5 Å². The highest BCUT2D eigenvalue weighted by Crippen LogP contribution is 2.31. The maximum absolute atomic E-state index is 14.0. The third-order valence-electron chi connectivity index (χ3n) is 4.50. The molecule has 0 bridgehead atoms. The largest absolute Gasteiger partial charge is 0.494 e. The number of halogens is 4. The molecule has 0 aliphatic carbocycles. The van der Waals surface area contributed by atoms with Gasteiger partial charge < -0.3 is 15.4 Å². The van der Waals surface area contributed by atoms with Crippen LogP contribution in [0.25, 0.3) is 11.3 Å². The molecule has 0 aliphatic rings. The first-order valence-electron chi connectivity index (χ1n) is 10.1. The van der Waals surface area contributed by atoms with Gasteiger partial charge >= 0.3 is 6.18 Å². The number of aromatic amines is 1. The van der Waals surface area contributed by atoms with Crippen LogP contribution >= 0.6 is 0 Å². The zero-order chi connectivity index (χ0) is 25.0. The van der Waals surface area contributed by atoms with Crippen molar-refractivity contribution in [2.24, 2.45) is 18.0 Å². The molecule has 1 aromatic carbocycles. The van der Waals surface area contributed by atoms with Gasteiger partial charge in [-0.15, -0.1) is 0 Å². The van der Waals surface area contributed by atoms with Gasteiger partial charge in [0.25, 0.3) is 5.91 Å². The van der Waals surface area contributed by atoms with Gasteiger partial charge in [-0.05, 0) is 24.1 Å². The Morgan fingerprint density at radius 1 is 1.29 bits per heavy atom. The Morgan fingerprint density at radius 3 is 2.65 bits per heavy atom. The molecule has 0 atom stereocenters.